The number of rotatable bonds is 6. The van der Waals surface area contributed by atoms with Gasteiger partial charge in [-0.3, -0.25) is 4.79 Å². The third kappa shape index (κ3) is 3.60. The van der Waals surface area contributed by atoms with E-state index in [0.29, 0.717) is 12.5 Å². The molecule has 2 rings (SSSR count). The van der Waals surface area contributed by atoms with Crippen molar-refractivity contribution in [3.05, 3.63) is 23.2 Å². The number of furan rings is 1. The molecule has 100 valence electrons. The summed E-state index contributed by atoms with van der Waals surface area (Å²) < 4.78 is 5.47. The Morgan fingerprint density at radius 2 is 2.22 bits per heavy atom. The van der Waals surface area contributed by atoms with Crippen LogP contribution in [0.4, 0.5) is 0 Å². The Labute approximate surface area is 108 Å². The normalized spacial score (nSPS) is 16.6. The SMILES string of the molecule is Cc1cc(C(C)NC(=O)CCNC2CC2)c(C)o1. The van der Waals surface area contributed by atoms with Gasteiger partial charge in [0.25, 0.3) is 0 Å². The highest BCUT2D eigenvalue weighted by Crippen LogP contribution is 2.21. The monoisotopic (exact) mass is 250 g/mol. The molecule has 0 saturated heterocycles. The van der Waals surface area contributed by atoms with Crippen LogP contribution in [0.3, 0.4) is 0 Å². The molecule has 1 amide bonds. The molecule has 4 nitrogen and oxygen atoms in total. The standard InChI is InChI=1S/C14H22N2O2/c1-9-8-13(11(3)18-9)10(2)16-14(17)6-7-15-12-4-5-12/h8,10,12,15H,4-7H2,1-3H3,(H,16,17). The average molecular weight is 250 g/mol. The molecular formula is C14H22N2O2. The summed E-state index contributed by atoms with van der Waals surface area (Å²) in [4.78, 5) is 11.8. The number of hydrogen-bond donors (Lipinski definition) is 2. The van der Waals surface area contributed by atoms with Crippen molar-refractivity contribution in [3.8, 4) is 0 Å². The van der Waals surface area contributed by atoms with Gasteiger partial charge >= 0.3 is 0 Å². The third-order valence-corrected chi connectivity index (χ3v) is 3.29. The van der Waals surface area contributed by atoms with E-state index in [0.717, 1.165) is 23.6 Å². The predicted octanol–water partition coefficient (Wildman–Crippen LogP) is 2.22. The van der Waals surface area contributed by atoms with Gasteiger partial charge in [0, 0.05) is 24.6 Å². The molecule has 0 radical (unpaired) electrons. The molecule has 0 bridgehead atoms. The van der Waals surface area contributed by atoms with E-state index in [1.54, 1.807) is 0 Å². The van der Waals surface area contributed by atoms with Crippen LogP contribution in [0, 0.1) is 13.8 Å². The zero-order valence-corrected chi connectivity index (χ0v) is 11.4. The van der Waals surface area contributed by atoms with Crippen molar-refractivity contribution in [2.45, 2.75) is 52.1 Å². The minimum Gasteiger partial charge on any atom is -0.466 e. The van der Waals surface area contributed by atoms with Crippen molar-refractivity contribution < 1.29 is 9.21 Å². The number of nitrogens with one attached hydrogen (secondary N) is 2. The van der Waals surface area contributed by atoms with Crippen molar-refractivity contribution in [2.24, 2.45) is 0 Å². The molecule has 2 N–H and O–H groups in total. The van der Waals surface area contributed by atoms with Gasteiger partial charge in [-0.2, -0.15) is 0 Å². The molecule has 1 saturated carbocycles. The Morgan fingerprint density at radius 3 is 2.78 bits per heavy atom. The number of amides is 1. The lowest BCUT2D eigenvalue weighted by atomic mass is 10.1. The van der Waals surface area contributed by atoms with Gasteiger partial charge in [0.05, 0.1) is 6.04 Å². The zero-order valence-electron chi connectivity index (χ0n) is 11.4. The fourth-order valence-corrected chi connectivity index (χ4v) is 2.15. The van der Waals surface area contributed by atoms with Crippen LogP contribution in [-0.2, 0) is 4.79 Å². The lowest BCUT2D eigenvalue weighted by Gasteiger charge is -2.13. The molecule has 0 spiro atoms. The highest BCUT2D eigenvalue weighted by molar-refractivity contribution is 5.76. The fourth-order valence-electron chi connectivity index (χ4n) is 2.15. The largest absolute Gasteiger partial charge is 0.466 e. The van der Waals surface area contributed by atoms with Gasteiger partial charge in [0.15, 0.2) is 0 Å². The molecule has 4 heteroatoms. The van der Waals surface area contributed by atoms with Gasteiger partial charge in [0.1, 0.15) is 11.5 Å². The summed E-state index contributed by atoms with van der Waals surface area (Å²) in [5.41, 5.74) is 1.07. The summed E-state index contributed by atoms with van der Waals surface area (Å²) in [7, 11) is 0. The Hall–Kier alpha value is -1.29. The predicted molar refractivity (Wildman–Crippen MR) is 70.4 cm³/mol. The Kier molecular flexibility index (Phi) is 4.07. The minimum atomic E-state index is 0.0101. The highest BCUT2D eigenvalue weighted by atomic mass is 16.3. The van der Waals surface area contributed by atoms with E-state index in [2.05, 4.69) is 10.6 Å². The van der Waals surface area contributed by atoms with Gasteiger partial charge in [-0.05, 0) is 39.7 Å². The highest BCUT2D eigenvalue weighted by Gasteiger charge is 2.20. The second-order valence-electron chi connectivity index (χ2n) is 5.14. The molecule has 1 aliphatic carbocycles. The van der Waals surface area contributed by atoms with Gasteiger partial charge in [-0.25, -0.2) is 0 Å². The fraction of sp³-hybridized carbons (Fsp3) is 0.643. The molecule has 1 atom stereocenters. The lowest BCUT2D eigenvalue weighted by molar-refractivity contribution is -0.121. The molecule has 1 heterocycles. The minimum absolute atomic E-state index is 0.0101. The smallest absolute Gasteiger partial charge is 0.221 e. The second kappa shape index (κ2) is 5.57. The molecule has 1 fully saturated rings. The van der Waals surface area contributed by atoms with Crippen LogP contribution in [0.1, 0.15) is 49.3 Å². The maximum absolute atomic E-state index is 11.8. The third-order valence-electron chi connectivity index (χ3n) is 3.29. The molecule has 0 aliphatic heterocycles. The number of carbonyl (C=O) groups is 1. The van der Waals surface area contributed by atoms with Crippen molar-refractivity contribution >= 4 is 5.91 Å². The Bertz CT molecular complexity index is 421. The maximum Gasteiger partial charge on any atom is 0.221 e. The molecule has 1 aromatic rings. The summed E-state index contributed by atoms with van der Waals surface area (Å²) >= 11 is 0. The summed E-state index contributed by atoms with van der Waals surface area (Å²) in [6.45, 7) is 6.61. The van der Waals surface area contributed by atoms with Gasteiger partial charge in [-0.1, -0.05) is 0 Å². The summed E-state index contributed by atoms with van der Waals surface area (Å²) in [5.74, 6) is 1.87. The summed E-state index contributed by atoms with van der Waals surface area (Å²) in [5, 5.41) is 6.34. The van der Waals surface area contributed by atoms with Crippen LogP contribution in [-0.4, -0.2) is 18.5 Å². The van der Waals surface area contributed by atoms with E-state index in [1.807, 2.05) is 26.8 Å². The number of aryl methyl sites for hydroxylation is 2. The van der Waals surface area contributed by atoms with Crippen molar-refractivity contribution in [1.29, 1.82) is 0 Å². The average Bonchev–Trinajstić information content (AvgIpc) is 3.03. The Morgan fingerprint density at radius 1 is 1.50 bits per heavy atom. The first-order valence-electron chi connectivity index (χ1n) is 6.66. The molecule has 18 heavy (non-hydrogen) atoms. The van der Waals surface area contributed by atoms with Gasteiger partial charge in [0.2, 0.25) is 5.91 Å². The second-order valence-corrected chi connectivity index (χ2v) is 5.14. The van der Waals surface area contributed by atoms with Crippen molar-refractivity contribution in [1.82, 2.24) is 10.6 Å². The summed E-state index contributed by atoms with van der Waals surface area (Å²) in [6, 6.07) is 2.66. The quantitative estimate of drug-likeness (QED) is 0.814. The van der Waals surface area contributed by atoms with Crippen LogP contribution in [0.5, 0.6) is 0 Å². The Balaban J connectivity index is 1.76. The van der Waals surface area contributed by atoms with Crippen molar-refractivity contribution in [3.63, 3.8) is 0 Å². The van der Waals surface area contributed by atoms with Crippen LogP contribution in [0.15, 0.2) is 10.5 Å². The molecule has 1 aliphatic rings. The van der Waals surface area contributed by atoms with E-state index in [1.165, 1.54) is 12.8 Å². The van der Waals surface area contributed by atoms with E-state index >= 15 is 0 Å². The van der Waals surface area contributed by atoms with Crippen LogP contribution in [0.2, 0.25) is 0 Å². The first-order valence-corrected chi connectivity index (χ1v) is 6.66. The van der Waals surface area contributed by atoms with Crippen molar-refractivity contribution in [2.75, 3.05) is 6.54 Å². The van der Waals surface area contributed by atoms with Crippen LogP contribution < -0.4 is 10.6 Å². The van der Waals surface area contributed by atoms with Crippen LogP contribution in [0.25, 0.3) is 0 Å². The molecule has 0 aromatic carbocycles. The maximum atomic E-state index is 11.8. The first-order chi connectivity index (χ1) is 8.56. The van der Waals surface area contributed by atoms with E-state index in [-0.39, 0.29) is 11.9 Å². The zero-order chi connectivity index (χ0) is 13.1. The van der Waals surface area contributed by atoms with Gasteiger partial charge in [-0.15, -0.1) is 0 Å². The lowest BCUT2D eigenvalue weighted by Crippen LogP contribution is -2.30. The number of carbonyl (C=O) groups excluding carboxylic acids is 1. The molecule has 1 unspecified atom stereocenters. The summed E-state index contributed by atoms with van der Waals surface area (Å²) in [6.07, 6.45) is 3.05. The van der Waals surface area contributed by atoms with Gasteiger partial charge < -0.3 is 15.1 Å². The topological polar surface area (TPSA) is 54.3 Å². The van der Waals surface area contributed by atoms with E-state index in [4.69, 9.17) is 4.42 Å². The first kappa shape index (κ1) is 13.1. The van der Waals surface area contributed by atoms with E-state index in [9.17, 15) is 4.79 Å². The molecular weight excluding hydrogens is 228 g/mol. The van der Waals surface area contributed by atoms with Crippen LogP contribution >= 0.6 is 0 Å². The molecule has 1 aromatic heterocycles. The van der Waals surface area contributed by atoms with E-state index < -0.39 is 0 Å². The number of hydrogen-bond acceptors (Lipinski definition) is 3.